The lowest BCUT2D eigenvalue weighted by molar-refractivity contribution is 0.0951. The lowest BCUT2D eigenvalue weighted by Gasteiger charge is -2.14. The fraction of sp³-hybridized carbons (Fsp3) is 0.208. The SMILES string of the molecule is Cc1ccc(C)c(S(=O)(=O)Nc2ccc(C(=O)NCc3cccc(N(C)C)c3)cc2)c1. The second kappa shape index (κ2) is 9.22. The number of carbonyl (C=O) groups is 1. The van der Waals surface area contributed by atoms with Gasteiger partial charge in [0.15, 0.2) is 0 Å². The number of nitrogens with zero attached hydrogens (tertiary/aromatic N) is 1. The second-order valence-corrected chi connectivity index (χ2v) is 9.35. The summed E-state index contributed by atoms with van der Waals surface area (Å²) < 4.78 is 28.0. The van der Waals surface area contributed by atoms with Crippen molar-refractivity contribution < 1.29 is 13.2 Å². The van der Waals surface area contributed by atoms with Gasteiger partial charge in [-0.15, -0.1) is 0 Å². The summed E-state index contributed by atoms with van der Waals surface area (Å²) in [5, 5.41) is 2.89. The maximum Gasteiger partial charge on any atom is 0.262 e. The molecular weight excluding hydrogens is 410 g/mol. The highest BCUT2D eigenvalue weighted by molar-refractivity contribution is 7.92. The van der Waals surface area contributed by atoms with E-state index in [0.29, 0.717) is 23.4 Å². The molecule has 6 nitrogen and oxygen atoms in total. The molecule has 3 rings (SSSR count). The summed E-state index contributed by atoms with van der Waals surface area (Å²) >= 11 is 0. The zero-order valence-electron chi connectivity index (χ0n) is 18.1. The average Bonchev–Trinajstić information content (AvgIpc) is 2.74. The minimum absolute atomic E-state index is 0.223. The molecule has 0 atom stereocenters. The van der Waals surface area contributed by atoms with E-state index in [1.807, 2.05) is 56.3 Å². The molecule has 0 saturated carbocycles. The Kier molecular flexibility index (Phi) is 6.65. The van der Waals surface area contributed by atoms with Crippen molar-refractivity contribution in [3.8, 4) is 0 Å². The van der Waals surface area contributed by atoms with Crippen LogP contribution in [0, 0.1) is 13.8 Å². The van der Waals surface area contributed by atoms with Crippen molar-refractivity contribution in [1.82, 2.24) is 5.32 Å². The van der Waals surface area contributed by atoms with Crippen molar-refractivity contribution in [2.24, 2.45) is 0 Å². The molecular formula is C24H27N3O3S. The zero-order valence-corrected chi connectivity index (χ0v) is 19.0. The Morgan fingerprint density at radius 2 is 1.65 bits per heavy atom. The predicted molar refractivity (Wildman–Crippen MR) is 125 cm³/mol. The average molecular weight is 438 g/mol. The van der Waals surface area contributed by atoms with Crippen LogP contribution in [0.5, 0.6) is 0 Å². The first-order chi connectivity index (χ1) is 14.7. The molecule has 0 aliphatic rings. The topological polar surface area (TPSA) is 78.5 Å². The van der Waals surface area contributed by atoms with Crippen LogP contribution in [-0.4, -0.2) is 28.4 Å². The van der Waals surface area contributed by atoms with Crippen molar-refractivity contribution in [2.75, 3.05) is 23.7 Å². The molecule has 0 aliphatic carbocycles. The van der Waals surface area contributed by atoms with Gasteiger partial charge in [-0.3, -0.25) is 9.52 Å². The van der Waals surface area contributed by atoms with Gasteiger partial charge in [-0.2, -0.15) is 0 Å². The number of rotatable bonds is 7. The second-order valence-electron chi connectivity index (χ2n) is 7.70. The molecule has 0 unspecified atom stereocenters. The molecule has 7 heteroatoms. The summed E-state index contributed by atoms with van der Waals surface area (Å²) in [4.78, 5) is 14.7. The Hall–Kier alpha value is -3.32. The van der Waals surface area contributed by atoms with E-state index in [1.54, 1.807) is 43.3 Å². The minimum Gasteiger partial charge on any atom is -0.378 e. The number of nitrogens with one attached hydrogen (secondary N) is 2. The Morgan fingerprint density at radius 1 is 0.935 bits per heavy atom. The third-order valence-corrected chi connectivity index (χ3v) is 6.44. The number of hydrogen-bond donors (Lipinski definition) is 2. The highest BCUT2D eigenvalue weighted by Gasteiger charge is 2.17. The van der Waals surface area contributed by atoms with Crippen molar-refractivity contribution in [1.29, 1.82) is 0 Å². The van der Waals surface area contributed by atoms with Crippen LogP contribution < -0.4 is 14.9 Å². The first-order valence-electron chi connectivity index (χ1n) is 9.90. The van der Waals surface area contributed by atoms with E-state index in [-0.39, 0.29) is 10.8 Å². The molecule has 0 spiro atoms. The van der Waals surface area contributed by atoms with Crippen LogP contribution in [-0.2, 0) is 16.6 Å². The van der Waals surface area contributed by atoms with Gasteiger partial charge >= 0.3 is 0 Å². The summed E-state index contributed by atoms with van der Waals surface area (Å²) in [7, 11) is 0.220. The summed E-state index contributed by atoms with van der Waals surface area (Å²) in [6.07, 6.45) is 0. The van der Waals surface area contributed by atoms with Crippen LogP contribution in [0.3, 0.4) is 0 Å². The highest BCUT2D eigenvalue weighted by Crippen LogP contribution is 2.21. The largest absolute Gasteiger partial charge is 0.378 e. The summed E-state index contributed by atoms with van der Waals surface area (Å²) in [6, 6.07) is 19.6. The number of aryl methyl sites for hydroxylation is 2. The molecule has 3 aromatic rings. The standard InChI is InChI=1S/C24H27N3O3S/c1-17-8-9-18(2)23(14-17)31(29,30)26-21-12-10-20(11-13-21)24(28)25-16-19-6-5-7-22(15-19)27(3)4/h5-15,26H,16H2,1-4H3,(H,25,28). The molecule has 0 aliphatic heterocycles. The van der Waals surface area contributed by atoms with Gasteiger partial charge in [0.25, 0.3) is 15.9 Å². The lowest BCUT2D eigenvalue weighted by Crippen LogP contribution is -2.23. The molecule has 0 heterocycles. The van der Waals surface area contributed by atoms with Crippen molar-refractivity contribution in [2.45, 2.75) is 25.3 Å². The fourth-order valence-corrected chi connectivity index (χ4v) is 4.51. The number of amides is 1. The molecule has 0 aromatic heterocycles. The third-order valence-electron chi connectivity index (χ3n) is 4.91. The molecule has 0 radical (unpaired) electrons. The Morgan fingerprint density at radius 3 is 2.32 bits per heavy atom. The third kappa shape index (κ3) is 5.64. The molecule has 0 saturated heterocycles. The monoisotopic (exact) mass is 437 g/mol. The molecule has 0 bridgehead atoms. The fourth-order valence-electron chi connectivity index (χ4n) is 3.13. The van der Waals surface area contributed by atoms with E-state index in [2.05, 4.69) is 10.0 Å². The van der Waals surface area contributed by atoms with Gasteiger partial charge in [-0.25, -0.2) is 8.42 Å². The van der Waals surface area contributed by atoms with E-state index >= 15 is 0 Å². The summed E-state index contributed by atoms with van der Waals surface area (Å²) in [5.74, 6) is -0.223. The number of sulfonamides is 1. The molecule has 1 amide bonds. The van der Waals surface area contributed by atoms with E-state index in [4.69, 9.17) is 0 Å². The van der Waals surface area contributed by atoms with Crippen LogP contribution in [0.4, 0.5) is 11.4 Å². The number of hydrogen-bond acceptors (Lipinski definition) is 4. The van der Waals surface area contributed by atoms with Gasteiger partial charge in [0, 0.05) is 37.6 Å². The van der Waals surface area contributed by atoms with Crippen molar-refractivity contribution in [3.05, 3.63) is 89.0 Å². The zero-order chi connectivity index (χ0) is 22.6. The van der Waals surface area contributed by atoms with Crippen LogP contribution in [0.25, 0.3) is 0 Å². The van der Waals surface area contributed by atoms with E-state index in [9.17, 15) is 13.2 Å². The maximum atomic E-state index is 12.7. The Balaban J connectivity index is 1.66. The predicted octanol–water partition coefficient (Wildman–Crippen LogP) is 4.10. The highest BCUT2D eigenvalue weighted by atomic mass is 32.2. The van der Waals surface area contributed by atoms with E-state index in [1.165, 1.54) is 0 Å². The van der Waals surface area contributed by atoms with Gasteiger partial charge in [-0.1, -0.05) is 24.3 Å². The van der Waals surface area contributed by atoms with E-state index < -0.39 is 10.0 Å². The molecule has 162 valence electrons. The van der Waals surface area contributed by atoms with Crippen molar-refractivity contribution >= 4 is 27.3 Å². The smallest absolute Gasteiger partial charge is 0.262 e. The minimum atomic E-state index is -3.71. The first-order valence-corrected chi connectivity index (χ1v) is 11.4. The summed E-state index contributed by atoms with van der Waals surface area (Å²) in [5.41, 5.74) is 4.46. The van der Waals surface area contributed by atoms with Gasteiger partial charge in [0.05, 0.1) is 4.90 Å². The number of benzene rings is 3. The van der Waals surface area contributed by atoms with Crippen LogP contribution >= 0.6 is 0 Å². The maximum absolute atomic E-state index is 12.7. The van der Waals surface area contributed by atoms with Gasteiger partial charge in [0.2, 0.25) is 0 Å². The molecule has 31 heavy (non-hydrogen) atoms. The van der Waals surface area contributed by atoms with Gasteiger partial charge in [0.1, 0.15) is 0 Å². The lowest BCUT2D eigenvalue weighted by atomic mass is 10.1. The quantitative estimate of drug-likeness (QED) is 0.583. The number of carbonyl (C=O) groups excluding carboxylic acids is 1. The first kappa shape index (κ1) is 22.4. The summed E-state index contributed by atoms with van der Waals surface area (Å²) in [6.45, 7) is 4.01. The molecule has 3 aromatic carbocycles. The number of anilines is 2. The Labute approximate surface area is 184 Å². The van der Waals surface area contributed by atoms with E-state index in [0.717, 1.165) is 16.8 Å². The van der Waals surface area contributed by atoms with Crippen LogP contribution in [0.15, 0.2) is 71.6 Å². The molecule has 2 N–H and O–H groups in total. The van der Waals surface area contributed by atoms with Crippen molar-refractivity contribution in [3.63, 3.8) is 0 Å². The Bertz CT molecular complexity index is 1190. The van der Waals surface area contributed by atoms with Gasteiger partial charge < -0.3 is 10.2 Å². The van der Waals surface area contributed by atoms with Crippen LogP contribution in [0.2, 0.25) is 0 Å². The van der Waals surface area contributed by atoms with Crippen LogP contribution in [0.1, 0.15) is 27.0 Å². The molecule has 0 fully saturated rings. The normalized spacial score (nSPS) is 11.1. The van der Waals surface area contributed by atoms with Gasteiger partial charge in [-0.05, 0) is 73.0 Å².